The number of carbonyl (C=O) groups excluding carboxylic acids is 3. The van der Waals surface area contributed by atoms with Crippen LogP contribution in [0.15, 0.2) is 5.11 Å². The van der Waals surface area contributed by atoms with E-state index < -0.39 is 79.2 Å². The standard InChI is InChI=1S/C11H4F4N4O7S/c12-5-4(6(13)8(15)9(7(5)14)17-18-16)11(22)26-19-3(20)1-2(10(19)21)27(23,24)25/h2H,1H2,(H,23,24,25)/t2-/m1/s1. The number of hydroxylamine groups is 2. The average Bonchev–Trinajstić information content (AvgIpc) is 2.85. The Kier molecular flexibility index (Phi) is 5.08. The van der Waals surface area contributed by atoms with E-state index in [4.69, 9.17) is 10.1 Å². The minimum atomic E-state index is -5.08. The molecule has 1 aliphatic rings. The summed E-state index contributed by atoms with van der Waals surface area (Å²) in [6.45, 7) is 0. The van der Waals surface area contributed by atoms with Crippen molar-refractivity contribution in [3.63, 3.8) is 0 Å². The normalized spacial score (nSPS) is 17.1. The summed E-state index contributed by atoms with van der Waals surface area (Å²) in [5.74, 6) is -14.8. The van der Waals surface area contributed by atoms with E-state index in [0.717, 1.165) is 0 Å². The topological polar surface area (TPSA) is 167 Å². The summed E-state index contributed by atoms with van der Waals surface area (Å²) in [6.07, 6.45) is -1.16. The van der Waals surface area contributed by atoms with Crippen molar-refractivity contribution in [2.45, 2.75) is 11.7 Å². The van der Waals surface area contributed by atoms with Gasteiger partial charge in [-0.3, -0.25) is 14.1 Å². The number of azide groups is 1. The van der Waals surface area contributed by atoms with Crippen LogP contribution in [0.2, 0.25) is 0 Å². The Balaban J connectivity index is 2.44. The number of benzene rings is 1. The van der Waals surface area contributed by atoms with E-state index in [1.54, 1.807) is 0 Å². The van der Waals surface area contributed by atoms with Gasteiger partial charge in [0, 0.05) is 4.91 Å². The van der Waals surface area contributed by atoms with Crippen LogP contribution in [0.4, 0.5) is 23.2 Å². The molecule has 2 rings (SSSR count). The quantitative estimate of drug-likeness (QED) is 0.148. The Labute approximate surface area is 145 Å². The fourth-order valence-corrected chi connectivity index (χ4v) is 2.68. The fraction of sp³-hybridized carbons (Fsp3) is 0.182. The second kappa shape index (κ2) is 6.82. The Morgan fingerprint density at radius 2 is 1.70 bits per heavy atom. The van der Waals surface area contributed by atoms with E-state index >= 15 is 0 Å². The zero-order valence-corrected chi connectivity index (χ0v) is 13.2. The van der Waals surface area contributed by atoms with Crippen molar-refractivity contribution in [1.82, 2.24) is 5.06 Å². The van der Waals surface area contributed by atoms with Gasteiger partial charge in [-0.25, -0.2) is 22.4 Å². The maximum atomic E-state index is 13.8. The lowest BCUT2D eigenvalue weighted by Gasteiger charge is -2.14. The maximum absolute atomic E-state index is 13.8. The molecule has 1 fully saturated rings. The highest BCUT2D eigenvalue weighted by molar-refractivity contribution is 7.87. The Morgan fingerprint density at radius 1 is 1.19 bits per heavy atom. The number of amides is 2. The van der Waals surface area contributed by atoms with E-state index in [9.17, 15) is 40.4 Å². The molecule has 2 amide bonds. The number of carbonyl (C=O) groups is 3. The van der Waals surface area contributed by atoms with Crippen LogP contribution in [-0.4, -0.2) is 41.1 Å². The minimum Gasteiger partial charge on any atom is -0.325 e. The molecule has 0 unspecified atom stereocenters. The van der Waals surface area contributed by atoms with Crippen LogP contribution in [0.5, 0.6) is 0 Å². The lowest BCUT2D eigenvalue weighted by atomic mass is 10.1. The maximum Gasteiger partial charge on any atom is 0.370 e. The molecule has 1 atom stereocenters. The zero-order valence-electron chi connectivity index (χ0n) is 12.4. The van der Waals surface area contributed by atoms with Gasteiger partial charge < -0.3 is 4.84 Å². The molecule has 0 radical (unpaired) electrons. The predicted octanol–water partition coefficient (Wildman–Crippen LogP) is 1.27. The van der Waals surface area contributed by atoms with Gasteiger partial charge in [0.05, 0.1) is 6.42 Å². The second-order valence-electron chi connectivity index (χ2n) is 4.78. The second-order valence-corrected chi connectivity index (χ2v) is 6.38. The smallest absolute Gasteiger partial charge is 0.325 e. The molecule has 1 saturated heterocycles. The predicted molar refractivity (Wildman–Crippen MR) is 72.3 cm³/mol. The van der Waals surface area contributed by atoms with Gasteiger partial charge in [0.1, 0.15) is 11.3 Å². The van der Waals surface area contributed by atoms with Crippen molar-refractivity contribution in [2.24, 2.45) is 5.11 Å². The molecule has 1 N–H and O–H groups in total. The third kappa shape index (κ3) is 3.40. The van der Waals surface area contributed by atoms with Crippen molar-refractivity contribution in [3.05, 3.63) is 39.3 Å². The summed E-state index contributed by atoms with van der Waals surface area (Å²) < 4.78 is 85.6. The SMILES string of the molecule is [N-]=[N+]=Nc1c(F)c(F)c(C(=O)ON2C(=O)C[C@@H](S(=O)(=O)O)C2=O)c(F)c1F. The number of halogens is 4. The van der Waals surface area contributed by atoms with Gasteiger partial charge in [0.2, 0.25) is 0 Å². The highest BCUT2D eigenvalue weighted by Crippen LogP contribution is 2.31. The van der Waals surface area contributed by atoms with Crippen LogP contribution < -0.4 is 0 Å². The van der Waals surface area contributed by atoms with Crippen molar-refractivity contribution >= 4 is 33.6 Å². The van der Waals surface area contributed by atoms with Crippen molar-refractivity contribution in [2.75, 3.05) is 0 Å². The molecule has 1 aliphatic heterocycles. The number of rotatable bonds is 4. The van der Waals surface area contributed by atoms with Gasteiger partial charge in [-0.2, -0.15) is 8.42 Å². The first kappa shape index (κ1) is 20.1. The minimum absolute atomic E-state index is 0.531. The van der Waals surface area contributed by atoms with Gasteiger partial charge >= 0.3 is 5.97 Å². The summed E-state index contributed by atoms with van der Waals surface area (Å²) in [5, 5.41) is -0.493. The first-order chi connectivity index (χ1) is 12.4. The van der Waals surface area contributed by atoms with Gasteiger partial charge in [-0.15, -0.1) is 5.06 Å². The van der Waals surface area contributed by atoms with Gasteiger partial charge in [-0.1, -0.05) is 5.11 Å². The van der Waals surface area contributed by atoms with E-state index in [1.165, 1.54) is 0 Å². The third-order valence-electron chi connectivity index (χ3n) is 3.18. The average molecular weight is 412 g/mol. The monoisotopic (exact) mass is 412 g/mol. The van der Waals surface area contributed by atoms with Crippen LogP contribution in [0.1, 0.15) is 16.8 Å². The van der Waals surface area contributed by atoms with Crippen LogP contribution in [-0.2, 0) is 24.5 Å². The third-order valence-corrected chi connectivity index (χ3v) is 4.27. The van der Waals surface area contributed by atoms with Crippen molar-refractivity contribution in [1.29, 1.82) is 0 Å². The Bertz CT molecular complexity index is 1010. The molecule has 27 heavy (non-hydrogen) atoms. The highest BCUT2D eigenvalue weighted by atomic mass is 32.2. The van der Waals surface area contributed by atoms with Crippen LogP contribution in [0.25, 0.3) is 10.4 Å². The molecule has 1 aromatic rings. The molecular weight excluding hydrogens is 408 g/mol. The summed E-state index contributed by atoms with van der Waals surface area (Å²) in [5.41, 5.74) is 4.34. The first-order valence-electron chi connectivity index (χ1n) is 6.38. The Hall–Kier alpha value is -3.23. The lowest BCUT2D eigenvalue weighted by molar-refractivity contribution is -0.172. The first-order valence-corrected chi connectivity index (χ1v) is 7.88. The summed E-state index contributed by atoms with van der Waals surface area (Å²) in [7, 11) is -5.08. The van der Waals surface area contributed by atoms with E-state index in [-0.39, 0.29) is 0 Å². The number of hydrogen-bond donors (Lipinski definition) is 1. The molecule has 0 saturated carbocycles. The molecular formula is C11H4F4N4O7S. The van der Waals surface area contributed by atoms with Crippen LogP contribution in [0, 0.1) is 23.3 Å². The summed E-state index contributed by atoms with van der Waals surface area (Å²) in [4.78, 5) is 40.9. The molecule has 0 bridgehead atoms. The largest absolute Gasteiger partial charge is 0.370 e. The van der Waals surface area contributed by atoms with Crippen LogP contribution >= 0.6 is 0 Å². The number of imide groups is 1. The zero-order chi connectivity index (χ0) is 20.7. The molecule has 11 nitrogen and oxygen atoms in total. The summed E-state index contributed by atoms with van der Waals surface area (Å²) >= 11 is 0. The number of hydrogen-bond acceptors (Lipinski definition) is 7. The fourth-order valence-electron chi connectivity index (χ4n) is 1.97. The highest BCUT2D eigenvalue weighted by Gasteiger charge is 2.49. The van der Waals surface area contributed by atoms with Crippen molar-refractivity contribution in [3.8, 4) is 0 Å². The van der Waals surface area contributed by atoms with E-state index in [0.29, 0.717) is 0 Å². The Morgan fingerprint density at radius 3 is 2.11 bits per heavy atom. The van der Waals surface area contributed by atoms with Gasteiger partial charge in [0.25, 0.3) is 21.9 Å². The molecule has 0 spiro atoms. The molecule has 0 aliphatic carbocycles. The molecule has 1 aromatic carbocycles. The van der Waals surface area contributed by atoms with Crippen LogP contribution in [0.3, 0.4) is 0 Å². The molecule has 16 heteroatoms. The van der Waals surface area contributed by atoms with E-state index in [2.05, 4.69) is 9.95 Å². The molecule has 1 heterocycles. The lowest BCUT2D eigenvalue weighted by Crippen LogP contribution is -2.37. The number of nitrogens with zero attached hydrogens (tertiary/aromatic N) is 4. The van der Waals surface area contributed by atoms with Crippen molar-refractivity contribution < 1.29 is 49.8 Å². The van der Waals surface area contributed by atoms with E-state index in [1.807, 2.05) is 4.91 Å². The molecule has 0 aromatic heterocycles. The molecule has 144 valence electrons. The van der Waals surface area contributed by atoms with Gasteiger partial charge in [0.15, 0.2) is 28.5 Å². The summed E-state index contributed by atoms with van der Waals surface area (Å²) in [6, 6.07) is 0. The van der Waals surface area contributed by atoms with Gasteiger partial charge in [-0.05, 0) is 5.53 Å².